The molecule has 2 aliphatic carbocycles. The first-order chi connectivity index (χ1) is 14.6. The summed E-state index contributed by atoms with van der Waals surface area (Å²) in [6.07, 6.45) is 16.3. The number of nitrogens with zero attached hydrogens (tertiary/aromatic N) is 5. The van der Waals surface area contributed by atoms with E-state index in [1.807, 2.05) is 12.5 Å². The van der Waals surface area contributed by atoms with Crippen molar-refractivity contribution in [3.63, 3.8) is 0 Å². The molecule has 3 heterocycles. The van der Waals surface area contributed by atoms with E-state index in [1.165, 1.54) is 11.8 Å². The fourth-order valence-electron chi connectivity index (χ4n) is 5.62. The van der Waals surface area contributed by atoms with E-state index in [-0.39, 0.29) is 11.7 Å². The van der Waals surface area contributed by atoms with Gasteiger partial charge in [0.25, 0.3) is 0 Å². The number of pyridine rings is 1. The van der Waals surface area contributed by atoms with Crippen molar-refractivity contribution in [2.75, 3.05) is 0 Å². The van der Waals surface area contributed by atoms with E-state index < -0.39 is 0 Å². The highest BCUT2D eigenvalue weighted by atomic mass is 19.1. The van der Waals surface area contributed by atoms with Gasteiger partial charge in [-0.2, -0.15) is 5.10 Å². The maximum Gasteiger partial charge on any atom is 0.149 e. The highest BCUT2D eigenvalue weighted by Gasteiger charge is 2.41. The Hall–Kier alpha value is -2.50. The summed E-state index contributed by atoms with van der Waals surface area (Å²) < 4.78 is 14.2. The monoisotopic (exact) mass is 407 g/mol. The van der Waals surface area contributed by atoms with Gasteiger partial charge in [0.1, 0.15) is 18.0 Å². The first-order valence-electron chi connectivity index (χ1n) is 11.3. The van der Waals surface area contributed by atoms with Crippen molar-refractivity contribution in [3.05, 3.63) is 54.0 Å². The lowest BCUT2D eigenvalue weighted by atomic mass is 9.80. The number of halogens is 1. The number of hydrogen-bond acceptors (Lipinski definition) is 5. The van der Waals surface area contributed by atoms with E-state index in [0.29, 0.717) is 29.6 Å². The number of rotatable bonds is 3. The van der Waals surface area contributed by atoms with Gasteiger partial charge >= 0.3 is 0 Å². The molecule has 1 saturated carbocycles. The number of aromatic nitrogens is 1. The summed E-state index contributed by atoms with van der Waals surface area (Å²) >= 11 is 0. The summed E-state index contributed by atoms with van der Waals surface area (Å²) in [6, 6.07) is 3.88. The third kappa shape index (κ3) is 3.36. The summed E-state index contributed by atoms with van der Waals surface area (Å²) in [5, 5.41) is 6.99. The van der Waals surface area contributed by atoms with Gasteiger partial charge in [0, 0.05) is 29.8 Å². The maximum absolute atomic E-state index is 14.2. The number of hydrazone groups is 1. The van der Waals surface area contributed by atoms with Gasteiger partial charge in [-0.15, -0.1) is 0 Å². The highest BCUT2D eigenvalue weighted by molar-refractivity contribution is 5.99. The Balaban J connectivity index is 1.35. The number of fused-ring (bicyclic) bond motifs is 2. The van der Waals surface area contributed by atoms with Crippen molar-refractivity contribution in [2.45, 2.75) is 70.4 Å². The second kappa shape index (κ2) is 7.97. The molecule has 0 N–H and O–H groups in total. The van der Waals surface area contributed by atoms with Gasteiger partial charge in [0.15, 0.2) is 0 Å². The largest absolute Gasteiger partial charge is 0.311 e. The van der Waals surface area contributed by atoms with Crippen LogP contribution in [-0.2, 0) is 0 Å². The summed E-state index contributed by atoms with van der Waals surface area (Å²) in [5.41, 5.74) is 1.82. The van der Waals surface area contributed by atoms with Gasteiger partial charge in [-0.25, -0.2) is 9.40 Å². The molecule has 5 nitrogen and oxygen atoms in total. The summed E-state index contributed by atoms with van der Waals surface area (Å²) in [6.45, 7) is 4.60. The van der Waals surface area contributed by atoms with Crippen LogP contribution >= 0.6 is 0 Å². The van der Waals surface area contributed by atoms with Crippen LogP contribution in [0.3, 0.4) is 0 Å². The van der Waals surface area contributed by atoms with Crippen LogP contribution in [0.1, 0.15) is 64.0 Å². The molecule has 1 aromatic heterocycles. The molecule has 0 saturated heterocycles. The van der Waals surface area contributed by atoms with Crippen LogP contribution in [0.5, 0.6) is 0 Å². The molecule has 158 valence electrons. The SMILES string of the molecule is CC(C)C1C2CCC=CC2=NC=C2N1C=NN2C1CCC(c2ncccc2F)CC1. The molecule has 0 aromatic carbocycles. The van der Waals surface area contributed by atoms with Gasteiger partial charge in [-0.1, -0.05) is 19.9 Å². The third-order valence-corrected chi connectivity index (χ3v) is 7.07. The van der Waals surface area contributed by atoms with Gasteiger partial charge in [-0.3, -0.25) is 9.98 Å². The lowest BCUT2D eigenvalue weighted by Gasteiger charge is -2.39. The molecule has 2 unspecified atom stereocenters. The quantitative estimate of drug-likeness (QED) is 0.704. The van der Waals surface area contributed by atoms with Crippen LogP contribution < -0.4 is 0 Å². The highest BCUT2D eigenvalue weighted by Crippen LogP contribution is 2.40. The first-order valence-corrected chi connectivity index (χ1v) is 11.3. The average Bonchev–Trinajstić information content (AvgIpc) is 3.09. The number of hydrogen-bond donors (Lipinski definition) is 0. The normalized spacial score (nSPS) is 30.7. The van der Waals surface area contributed by atoms with Crippen molar-refractivity contribution >= 4 is 12.1 Å². The Morgan fingerprint density at radius 3 is 2.73 bits per heavy atom. The van der Waals surface area contributed by atoms with Gasteiger partial charge in [0.2, 0.25) is 0 Å². The minimum Gasteiger partial charge on any atom is -0.311 e. The molecule has 0 bridgehead atoms. The number of aliphatic imine (C=N–C) groups is 1. The molecule has 2 atom stereocenters. The van der Waals surface area contributed by atoms with Crippen molar-refractivity contribution in [3.8, 4) is 0 Å². The molecule has 6 heteroatoms. The zero-order chi connectivity index (χ0) is 20.7. The lowest BCUT2D eigenvalue weighted by molar-refractivity contribution is 0.152. The molecule has 30 heavy (non-hydrogen) atoms. The molecule has 2 aliphatic heterocycles. The van der Waals surface area contributed by atoms with Crippen molar-refractivity contribution in [1.29, 1.82) is 0 Å². The van der Waals surface area contributed by atoms with E-state index in [9.17, 15) is 4.39 Å². The fraction of sp³-hybridized carbons (Fsp3) is 0.542. The van der Waals surface area contributed by atoms with E-state index >= 15 is 0 Å². The minimum absolute atomic E-state index is 0.177. The Morgan fingerprint density at radius 2 is 1.97 bits per heavy atom. The lowest BCUT2D eigenvalue weighted by Crippen LogP contribution is -2.46. The summed E-state index contributed by atoms with van der Waals surface area (Å²) in [5.74, 6) is 2.06. The Bertz CT molecular complexity index is 910. The van der Waals surface area contributed by atoms with Crippen LogP contribution in [0, 0.1) is 17.7 Å². The third-order valence-electron chi connectivity index (χ3n) is 7.07. The van der Waals surface area contributed by atoms with E-state index in [1.54, 1.807) is 12.3 Å². The fourth-order valence-corrected chi connectivity index (χ4v) is 5.62. The smallest absolute Gasteiger partial charge is 0.149 e. The topological polar surface area (TPSA) is 44.1 Å². The summed E-state index contributed by atoms with van der Waals surface area (Å²) in [7, 11) is 0. The van der Waals surface area contributed by atoms with Crippen LogP contribution in [0.15, 0.2) is 52.6 Å². The van der Waals surface area contributed by atoms with Crippen molar-refractivity contribution < 1.29 is 4.39 Å². The zero-order valence-electron chi connectivity index (χ0n) is 17.8. The van der Waals surface area contributed by atoms with Gasteiger partial charge in [0.05, 0.1) is 17.9 Å². The van der Waals surface area contributed by atoms with E-state index in [2.05, 4.69) is 40.9 Å². The molecule has 5 rings (SSSR count). The molecular formula is C24H30FN5. The predicted molar refractivity (Wildman–Crippen MR) is 117 cm³/mol. The average molecular weight is 408 g/mol. The van der Waals surface area contributed by atoms with Gasteiger partial charge in [-0.05, 0) is 62.7 Å². The second-order valence-electron chi connectivity index (χ2n) is 9.22. The molecule has 0 amide bonds. The molecular weight excluding hydrogens is 377 g/mol. The van der Waals surface area contributed by atoms with Crippen LogP contribution in [0.4, 0.5) is 4.39 Å². The van der Waals surface area contributed by atoms with E-state index in [4.69, 9.17) is 10.1 Å². The Kier molecular flexibility index (Phi) is 5.17. The molecule has 0 radical (unpaired) electrons. The molecule has 1 aromatic rings. The van der Waals surface area contributed by atoms with Crippen LogP contribution in [0.2, 0.25) is 0 Å². The van der Waals surface area contributed by atoms with Crippen LogP contribution in [-0.4, -0.2) is 39.0 Å². The minimum atomic E-state index is -0.177. The standard InChI is InChI=1S/C24H30FN5/c1-16(2)24-19-6-3-4-8-21(19)27-14-22-29(24)15-28-30(22)18-11-9-17(10-12-18)23-20(25)7-5-13-26-23/h4-5,7-8,13-19,24H,3,6,9-12H2,1-2H3. The summed E-state index contributed by atoms with van der Waals surface area (Å²) in [4.78, 5) is 11.6. The Morgan fingerprint density at radius 1 is 1.13 bits per heavy atom. The van der Waals surface area contributed by atoms with E-state index in [0.717, 1.165) is 44.3 Å². The Labute approximate surface area is 178 Å². The van der Waals surface area contributed by atoms with Crippen molar-refractivity contribution in [1.82, 2.24) is 14.9 Å². The zero-order valence-corrected chi connectivity index (χ0v) is 17.8. The predicted octanol–water partition coefficient (Wildman–Crippen LogP) is 5.05. The molecule has 4 aliphatic rings. The maximum atomic E-state index is 14.2. The first kappa shape index (κ1) is 19.5. The molecule has 1 fully saturated rings. The second-order valence-corrected chi connectivity index (χ2v) is 9.22. The van der Waals surface area contributed by atoms with Crippen LogP contribution in [0.25, 0.3) is 0 Å². The molecule has 0 spiro atoms. The van der Waals surface area contributed by atoms with Crippen molar-refractivity contribution in [2.24, 2.45) is 21.9 Å². The van der Waals surface area contributed by atoms with Gasteiger partial charge < -0.3 is 4.90 Å². The number of allylic oxidation sites excluding steroid dienone is 2.